The van der Waals surface area contributed by atoms with Gasteiger partial charge in [-0.2, -0.15) is 0 Å². The van der Waals surface area contributed by atoms with E-state index in [4.69, 9.17) is 14.6 Å². The van der Waals surface area contributed by atoms with Crippen LogP contribution in [0.15, 0.2) is 48.5 Å². The molecule has 2 aromatic rings. The average molecular weight is 481 g/mol. The molecular weight excluding hydrogens is 448 g/mol. The van der Waals surface area contributed by atoms with Crippen molar-refractivity contribution in [3.8, 4) is 11.1 Å². The molecule has 2 amide bonds. The third-order valence-corrected chi connectivity index (χ3v) is 7.02. The Morgan fingerprint density at radius 1 is 0.971 bits per heavy atom. The molecule has 0 saturated heterocycles. The van der Waals surface area contributed by atoms with Gasteiger partial charge in [0.15, 0.2) is 0 Å². The van der Waals surface area contributed by atoms with Crippen LogP contribution < -0.4 is 10.6 Å². The van der Waals surface area contributed by atoms with Crippen molar-refractivity contribution in [1.29, 1.82) is 0 Å². The van der Waals surface area contributed by atoms with Crippen molar-refractivity contribution in [1.82, 2.24) is 10.6 Å². The number of hydrogen-bond donors (Lipinski definition) is 3. The Morgan fingerprint density at radius 3 is 2.14 bits per heavy atom. The first-order valence-corrected chi connectivity index (χ1v) is 12.1. The lowest BCUT2D eigenvalue weighted by atomic mass is 9.86. The zero-order chi connectivity index (χ0) is 24.8. The van der Waals surface area contributed by atoms with Gasteiger partial charge in [0, 0.05) is 32.0 Å². The quantitative estimate of drug-likeness (QED) is 0.504. The monoisotopic (exact) mass is 480 g/mol. The lowest BCUT2D eigenvalue weighted by Crippen LogP contribution is -2.45. The van der Waals surface area contributed by atoms with Gasteiger partial charge in [-0.15, -0.1) is 0 Å². The summed E-state index contributed by atoms with van der Waals surface area (Å²) in [5.74, 6) is -1.37. The predicted octanol–water partition coefficient (Wildman–Crippen LogP) is 3.69. The van der Waals surface area contributed by atoms with Crippen LogP contribution in [0.2, 0.25) is 0 Å². The third kappa shape index (κ3) is 5.82. The molecule has 2 aliphatic rings. The van der Waals surface area contributed by atoms with Crippen LogP contribution in [-0.4, -0.2) is 55.5 Å². The van der Waals surface area contributed by atoms with Gasteiger partial charge in [0.25, 0.3) is 0 Å². The molecule has 2 aliphatic carbocycles. The summed E-state index contributed by atoms with van der Waals surface area (Å²) in [7, 11) is 1.46. The minimum absolute atomic E-state index is 0.0122. The van der Waals surface area contributed by atoms with Gasteiger partial charge >= 0.3 is 12.1 Å². The topological polar surface area (TPSA) is 114 Å². The molecule has 0 aliphatic heterocycles. The van der Waals surface area contributed by atoms with Gasteiger partial charge in [0.05, 0.1) is 5.92 Å². The number of aliphatic carboxylic acids is 1. The molecule has 186 valence electrons. The Balaban J connectivity index is 1.21. The second-order valence-corrected chi connectivity index (χ2v) is 9.16. The highest BCUT2D eigenvalue weighted by Gasteiger charge is 2.30. The van der Waals surface area contributed by atoms with Gasteiger partial charge in [-0.05, 0) is 47.9 Å². The summed E-state index contributed by atoms with van der Waals surface area (Å²) in [5.41, 5.74) is 4.63. The Hall–Kier alpha value is -3.39. The van der Waals surface area contributed by atoms with E-state index in [0.29, 0.717) is 32.1 Å². The van der Waals surface area contributed by atoms with Crippen LogP contribution in [-0.2, 0) is 19.1 Å². The van der Waals surface area contributed by atoms with Gasteiger partial charge in [-0.1, -0.05) is 48.5 Å². The average Bonchev–Trinajstić information content (AvgIpc) is 3.19. The first-order chi connectivity index (χ1) is 17.0. The van der Waals surface area contributed by atoms with Crippen LogP contribution in [0.25, 0.3) is 11.1 Å². The summed E-state index contributed by atoms with van der Waals surface area (Å²) in [6.07, 6.45) is 1.45. The normalized spacial score (nSPS) is 19.8. The van der Waals surface area contributed by atoms with Crippen molar-refractivity contribution >= 4 is 18.0 Å². The molecule has 0 aromatic heterocycles. The summed E-state index contributed by atoms with van der Waals surface area (Å²) in [6, 6.07) is 16.3. The lowest BCUT2D eigenvalue weighted by molar-refractivity contribution is -0.143. The molecule has 8 heteroatoms. The number of alkyl carbamates (subject to hydrolysis) is 1. The van der Waals surface area contributed by atoms with Crippen LogP contribution >= 0.6 is 0 Å². The van der Waals surface area contributed by atoms with Crippen molar-refractivity contribution in [2.24, 2.45) is 5.92 Å². The molecule has 8 nitrogen and oxygen atoms in total. The molecule has 1 unspecified atom stereocenters. The zero-order valence-electron chi connectivity index (χ0n) is 19.9. The molecule has 0 bridgehead atoms. The summed E-state index contributed by atoms with van der Waals surface area (Å²) in [4.78, 5) is 36.0. The molecule has 1 saturated carbocycles. The fourth-order valence-corrected chi connectivity index (χ4v) is 5.09. The summed E-state index contributed by atoms with van der Waals surface area (Å²) < 4.78 is 10.8. The Labute approximate surface area is 205 Å². The number of carbonyl (C=O) groups excluding carboxylic acids is 2. The highest BCUT2D eigenvalue weighted by Crippen LogP contribution is 2.44. The van der Waals surface area contributed by atoms with E-state index in [-0.39, 0.29) is 36.9 Å². The molecule has 1 fully saturated rings. The van der Waals surface area contributed by atoms with Crippen LogP contribution in [0, 0.1) is 5.92 Å². The van der Waals surface area contributed by atoms with Gasteiger partial charge in [-0.3, -0.25) is 9.59 Å². The number of ether oxygens (including phenoxy) is 2. The minimum Gasteiger partial charge on any atom is -0.481 e. The molecule has 0 radical (unpaired) electrons. The largest absolute Gasteiger partial charge is 0.481 e. The maximum atomic E-state index is 12.6. The number of carboxylic acids is 1. The Morgan fingerprint density at radius 2 is 1.57 bits per heavy atom. The Bertz CT molecular complexity index is 1020. The number of rotatable bonds is 9. The molecule has 0 spiro atoms. The van der Waals surface area contributed by atoms with Gasteiger partial charge < -0.3 is 25.2 Å². The minimum atomic E-state index is -0.774. The summed E-state index contributed by atoms with van der Waals surface area (Å²) >= 11 is 0. The van der Waals surface area contributed by atoms with Crippen LogP contribution in [0.4, 0.5) is 4.79 Å². The summed E-state index contributed by atoms with van der Waals surface area (Å²) in [6.45, 7) is 0.460. The van der Waals surface area contributed by atoms with E-state index in [1.54, 1.807) is 0 Å². The molecule has 2 aromatic carbocycles. The smallest absolute Gasteiger partial charge is 0.407 e. The van der Waals surface area contributed by atoms with Crippen molar-refractivity contribution in [2.45, 2.75) is 50.2 Å². The number of amides is 2. The van der Waals surface area contributed by atoms with Crippen LogP contribution in [0.5, 0.6) is 0 Å². The number of hydrogen-bond acceptors (Lipinski definition) is 5. The van der Waals surface area contributed by atoms with E-state index >= 15 is 0 Å². The van der Waals surface area contributed by atoms with E-state index in [0.717, 1.165) is 11.1 Å². The summed E-state index contributed by atoms with van der Waals surface area (Å²) in [5, 5.41) is 14.8. The van der Waals surface area contributed by atoms with Crippen LogP contribution in [0.1, 0.15) is 49.1 Å². The second kappa shape index (κ2) is 11.4. The van der Waals surface area contributed by atoms with E-state index in [9.17, 15) is 14.4 Å². The first-order valence-electron chi connectivity index (χ1n) is 12.1. The molecule has 35 heavy (non-hydrogen) atoms. The number of nitrogens with one attached hydrogen (secondary N) is 2. The van der Waals surface area contributed by atoms with Crippen molar-refractivity contribution < 1.29 is 29.0 Å². The second-order valence-electron chi connectivity index (χ2n) is 9.16. The van der Waals surface area contributed by atoms with E-state index in [1.165, 1.54) is 18.2 Å². The number of methoxy groups -OCH3 is 1. The van der Waals surface area contributed by atoms with Crippen molar-refractivity contribution in [3.63, 3.8) is 0 Å². The number of fused-ring (bicyclic) bond motifs is 3. The molecule has 4 rings (SSSR count). The maximum Gasteiger partial charge on any atom is 0.407 e. The predicted molar refractivity (Wildman–Crippen MR) is 130 cm³/mol. The molecule has 0 heterocycles. The Kier molecular flexibility index (Phi) is 8.02. The maximum absolute atomic E-state index is 12.6. The number of carboxylic acid groups (broad SMARTS) is 1. The molecule has 1 atom stereocenters. The standard InChI is InChI=1S/C27H32N2O6/c1-34-24(25(30)29-18-12-10-17(11-13-18)26(31)32)14-15-28-27(33)35-16-23-21-8-4-2-6-19(21)20-7-3-5-9-22(20)23/h2-9,17-18,23-24H,10-16H2,1H3,(H,28,33)(H,29,30)(H,31,32). The highest BCUT2D eigenvalue weighted by atomic mass is 16.5. The van der Waals surface area contributed by atoms with E-state index in [1.807, 2.05) is 24.3 Å². The zero-order valence-corrected chi connectivity index (χ0v) is 19.9. The number of carbonyl (C=O) groups is 3. The first kappa shape index (κ1) is 24.7. The highest BCUT2D eigenvalue weighted by molar-refractivity contribution is 5.81. The number of benzene rings is 2. The van der Waals surface area contributed by atoms with E-state index < -0.39 is 18.2 Å². The SMILES string of the molecule is COC(CCNC(=O)OCC1c2ccccc2-c2ccccc21)C(=O)NC1CCC(C(=O)O)CC1. The van der Waals surface area contributed by atoms with E-state index in [2.05, 4.69) is 34.9 Å². The fraction of sp³-hybridized carbons (Fsp3) is 0.444. The third-order valence-electron chi connectivity index (χ3n) is 7.02. The van der Waals surface area contributed by atoms with Crippen molar-refractivity contribution in [3.05, 3.63) is 59.7 Å². The van der Waals surface area contributed by atoms with Crippen LogP contribution in [0.3, 0.4) is 0 Å². The van der Waals surface area contributed by atoms with Gasteiger partial charge in [0.1, 0.15) is 12.7 Å². The molecular formula is C27H32N2O6. The fourth-order valence-electron chi connectivity index (χ4n) is 5.09. The van der Waals surface area contributed by atoms with Gasteiger partial charge in [0.2, 0.25) is 5.91 Å². The van der Waals surface area contributed by atoms with Crippen molar-refractivity contribution in [2.75, 3.05) is 20.3 Å². The lowest BCUT2D eigenvalue weighted by Gasteiger charge is -2.28. The van der Waals surface area contributed by atoms with Gasteiger partial charge in [-0.25, -0.2) is 4.79 Å². The molecule has 3 N–H and O–H groups in total.